The summed E-state index contributed by atoms with van der Waals surface area (Å²) in [5.74, 6) is -1.14. The van der Waals surface area contributed by atoms with Crippen LogP contribution in [0.5, 0.6) is 0 Å². The van der Waals surface area contributed by atoms with Crippen molar-refractivity contribution >= 4 is 40.7 Å². The molecule has 0 aromatic carbocycles. The molecule has 3 aromatic heterocycles. The van der Waals surface area contributed by atoms with Gasteiger partial charge in [-0.2, -0.15) is 0 Å². The smallest absolute Gasteiger partial charge is 0.407 e. The number of nitrogens with zero attached hydrogens (tertiary/aromatic N) is 4. The van der Waals surface area contributed by atoms with Crippen LogP contribution in [0.25, 0.3) is 17.1 Å². The number of allylic oxidation sites excluding steroid dienone is 2. The molecule has 3 aromatic rings. The van der Waals surface area contributed by atoms with E-state index in [1.807, 2.05) is 13.8 Å². The summed E-state index contributed by atoms with van der Waals surface area (Å²) in [5, 5.41) is 4.99. The van der Waals surface area contributed by atoms with E-state index in [-0.39, 0.29) is 30.1 Å². The van der Waals surface area contributed by atoms with Crippen LogP contribution in [-0.4, -0.2) is 69.6 Å². The fraction of sp³-hybridized carbons (Fsp3) is 0.333. The largest absolute Gasteiger partial charge is 0.453 e. The molecule has 0 radical (unpaired) electrons. The van der Waals surface area contributed by atoms with Gasteiger partial charge in [0.25, 0.3) is 5.56 Å². The number of carbonyl (C=O) groups excluding carboxylic acids is 3. The summed E-state index contributed by atoms with van der Waals surface area (Å²) in [5.41, 5.74) is 1.44. The lowest BCUT2D eigenvalue weighted by Crippen LogP contribution is -2.44. The van der Waals surface area contributed by atoms with Gasteiger partial charge in [0, 0.05) is 20.3 Å². The third-order valence-electron chi connectivity index (χ3n) is 5.69. The van der Waals surface area contributed by atoms with E-state index in [2.05, 4.69) is 30.3 Å². The predicted octanol–water partition coefficient (Wildman–Crippen LogP) is 2.82. The van der Waals surface area contributed by atoms with E-state index in [0.29, 0.717) is 23.5 Å². The van der Waals surface area contributed by atoms with Crippen molar-refractivity contribution in [2.24, 2.45) is 0 Å². The average molecular weight is 554 g/mol. The number of fused-ring (bicyclic) bond motifs is 1. The molecule has 0 aliphatic rings. The summed E-state index contributed by atoms with van der Waals surface area (Å²) in [6.07, 6.45) is 6.97. The molecule has 0 bridgehead atoms. The Morgan fingerprint density at radius 2 is 2.02 bits per heavy atom. The Morgan fingerprint density at radius 3 is 2.70 bits per heavy atom. The number of pyridine rings is 2. The number of anilines is 1. The van der Waals surface area contributed by atoms with Crippen molar-refractivity contribution in [1.29, 1.82) is 0 Å². The zero-order valence-corrected chi connectivity index (χ0v) is 22.9. The molecule has 13 heteroatoms. The molecule has 0 fully saturated rings. The van der Waals surface area contributed by atoms with E-state index in [1.165, 1.54) is 34.9 Å². The monoisotopic (exact) mass is 553 g/mol. The molecule has 3 amide bonds. The molecule has 40 heavy (non-hydrogen) atoms. The first-order chi connectivity index (χ1) is 19.0. The number of ether oxygens (including phenoxy) is 1. The van der Waals surface area contributed by atoms with Crippen LogP contribution in [-0.2, 0) is 20.9 Å². The molecule has 212 valence electrons. The van der Waals surface area contributed by atoms with Gasteiger partial charge in [0.05, 0.1) is 31.1 Å². The summed E-state index contributed by atoms with van der Waals surface area (Å²) >= 11 is 0. The van der Waals surface area contributed by atoms with Crippen molar-refractivity contribution in [2.75, 3.05) is 26.5 Å². The Morgan fingerprint density at radius 1 is 1.27 bits per heavy atom. The zero-order chi connectivity index (χ0) is 29.4. The molecule has 1 atom stereocenters. The van der Waals surface area contributed by atoms with E-state index in [1.54, 1.807) is 32.3 Å². The maximum atomic E-state index is 14.4. The third-order valence-corrected chi connectivity index (χ3v) is 5.69. The maximum absolute atomic E-state index is 14.4. The van der Waals surface area contributed by atoms with Crippen LogP contribution >= 0.6 is 0 Å². The number of rotatable bonds is 10. The normalized spacial score (nSPS) is 11.8. The highest BCUT2D eigenvalue weighted by Crippen LogP contribution is 2.20. The van der Waals surface area contributed by atoms with Gasteiger partial charge in [-0.05, 0) is 51.0 Å². The van der Waals surface area contributed by atoms with Gasteiger partial charge >= 0.3 is 6.09 Å². The Kier molecular flexibility index (Phi) is 9.90. The number of likely N-dealkylation sites (N-methyl/N-ethyl adjacent to an activating group) is 1. The topological polar surface area (TPSA) is 151 Å². The number of aromatic nitrogens is 4. The van der Waals surface area contributed by atoms with Gasteiger partial charge in [-0.1, -0.05) is 11.6 Å². The van der Waals surface area contributed by atoms with Crippen LogP contribution in [0.1, 0.15) is 38.2 Å². The van der Waals surface area contributed by atoms with E-state index >= 15 is 0 Å². The van der Waals surface area contributed by atoms with Crippen LogP contribution in [0.3, 0.4) is 0 Å². The molecule has 3 N–H and O–H groups in total. The maximum Gasteiger partial charge on any atom is 0.407 e. The first-order valence-electron chi connectivity index (χ1n) is 12.4. The number of aromatic amines is 1. The second kappa shape index (κ2) is 13.3. The number of halogens is 1. The second-order valence-electron chi connectivity index (χ2n) is 9.37. The van der Waals surface area contributed by atoms with Gasteiger partial charge in [0.15, 0.2) is 5.82 Å². The third kappa shape index (κ3) is 7.62. The van der Waals surface area contributed by atoms with Crippen LogP contribution in [0.2, 0.25) is 0 Å². The number of H-pyrrole nitrogens is 1. The molecule has 0 aliphatic heterocycles. The highest BCUT2D eigenvalue weighted by molar-refractivity contribution is 5.96. The minimum atomic E-state index is -1.04. The van der Waals surface area contributed by atoms with Crippen molar-refractivity contribution in [1.82, 2.24) is 29.7 Å². The minimum Gasteiger partial charge on any atom is -0.453 e. The predicted molar refractivity (Wildman–Crippen MR) is 148 cm³/mol. The molecule has 0 saturated carbocycles. The van der Waals surface area contributed by atoms with Crippen molar-refractivity contribution < 1.29 is 23.5 Å². The molecule has 3 rings (SSSR count). The molecule has 0 unspecified atom stereocenters. The molecular formula is C27H32FN7O5. The number of nitrogens with one attached hydrogen (secondary N) is 3. The van der Waals surface area contributed by atoms with Crippen LogP contribution < -0.4 is 16.2 Å². The van der Waals surface area contributed by atoms with Gasteiger partial charge < -0.3 is 29.8 Å². The standard InChI is InChI=1S/C27H32FN7O5/c1-16(2)13-20-24-23(17(28)14-29-20)32-21(33-24)15-35-12-8-10-19(26(35)38)30-25(37)18(31-27(39)40-5)9-6-7-11-22(36)34(3)4/h7-8,10-14,18H,6,9,15H2,1-5H3,(H,30,37)(H,31,39)(H,32,33)/b11-7+/t18-/m0/s1. The lowest BCUT2D eigenvalue weighted by atomic mass is 10.1. The Balaban J connectivity index is 1.80. The number of methoxy groups -OCH3 is 1. The quantitative estimate of drug-likeness (QED) is 0.327. The van der Waals surface area contributed by atoms with E-state index in [9.17, 15) is 23.6 Å². The van der Waals surface area contributed by atoms with Crippen LogP contribution in [0, 0.1) is 5.82 Å². The number of hydrogen-bond donors (Lipinski definition) is 3. The first-order valence-corrected chi connectivity index (χ1v) is 12.4. The molecule has 12 nitrogen and oxygen atoms in total. The number of amides is 3. The molecule has 0 spiro atoms. The van der Waals surface area contributed by atoms with E-state index in [4.69, 9.17) is 0 Å². The van der Waals surface area contributed by atoms with E-state index < -0.39 is 29.4 Å². The summed E-state index contributed by atoms with van der Waals surface area (Å²) in [7, 11) is 4.39. The molecular weight excluding hydrogens is 521 g/mol. The highest BCUT2D eigenvalue weighted by Gasteiger charge is 2.22. The van der Waals surface area contributed by atoms with Crippen molar-refractivity contribution in [3.05, 3.63) is 69.9 Å². The van der Waals surface area contributed by atoms with Gasteiger partial charge in [0.1, 0.15) is 23.1 Å². The minimum absolute atomic E-state index is 0.0283. The molecule has 0 aliphatic carbocycles. The Labute approximate surface area is 229 Å². The molecule has 3 heterocycles. The summed E-state index contributed by atoms with van der Waals surface area (Å²) in [4.78, 5) is 62.5. The number of carbonyl (C=O) groups is 3. The van der Waals surface area contributed by atoms with Crippen molar-refractivity contribution in [3.63, 3.8) is 0 Å². The lowest BCUT2D eigenvalue weighted by molar-refractivity contribution is -0.123. The summed E-state index contributed by atoms with van der Waals surface area (Å²) in [6.45, 7) is 3.75. The SMILES string of the molecule is COC(=O)N[C@@H](CC/C=C/C(=O)N(C)C)C(=O)Nc1cccn(Cc2nc3c(F)cnc(C=C(C)C)c3[nH]2)c1=O. The fourth-order valence-electron chi connectivity index (χ4n) is 3.69. The summed E-state index contributed by atoms with van der Waals surface area (Å²) in [6, 6.07) is 1.95. The average Bonchev–Trinajstić information content (AvgIpc) is 3.34. The van der Waals surface area contributed by atoms with Gasteiger partial charge in [-0.15, -0.1) is 0 Å². The Bertz CT molecular complexity index is 1520. The van der Waals surface area contributed by atoms with Gasteiger partial charge in [-0.3, -0.25) is 19.4 Å². The van der Waals surface area contributed by atoms with Crippen LogP contribution in [0.15, 0.2) is 47.0 Å². The lowest BCUT2D eigenvalue weighted by Gasteiger charge is -2.17. The zero-order valence-electron chi connectivity index (χ0n) is 22.9. The number of alkyl carbamates (subject to hydrolysis) is 1. The van der Waals surface area contributed by atoms with Crippen LogP contribution in [0.4, 0.5) is 14.9 Å². The Hall–Kier alpha value is -4.81. The summed E-state index contributed by atoms with van der Waals surface area (Å²) < 4.78 is 20.3. The fourth-order valence-corrected chi connectivity index (χ4v) is 3.69. The second-order valence-corrected chi connectivity index (χ2v) is 9.37. The van der Waals surface area contributed by atoms with Gasteiger partial charge in [-0.25, -0.2) is 14.2 Å². The highest BCUT2D eigenvalue weighted by atomic mass is 19.1. The van der Waals surface area contributed by atoms with Crippen molar-refractivity contribution in [3.8, 4) is 0 Å². The van der Waals surface area contributed by atoms with E-state index in [0.717, 1.165) is 11.8 Å². The van der Waals surface area contributed by atoms with Gasteiger partial charge in [0.2, 0.25) is 11.8 Å². The number of imidazole rings is 1. The molecule has 0 saturated heterocycles. The van der Waals surface area contributed by atoms with Crippen molar-refractivity contribution in [2.45, 2.75) is 39.3 Å². The number of hydrogen-bond acceptors (Lipinski definition) is 7. The first kappa shape index (κ1) is 29.7.